The van der Waals surface area contributed by atoms with Crippen molar-refractivity contribution in [1.29, 1.82) is 0 Å². The molecule has 0 bridgehead atoms. The molecule has 27 heavy (non-hydrogen) atoms. The second-order valence-electron chi connectivity index (χ2n) is 7.40. The van der Waals surface area contributed by atoms with Gasteiger partial charge >= 0.3 is 5.97 Å². The first-order chi connectivity index (χ1) is 12.7. The van der Waals surface area contributed by atoms with Crippen molar-refractivity contribution in [3.05, 3.63) is 53.8 Å². The molecule has 3 aromatic heterocycles. The topological polar surface area (TPSA) is 133 Å². The lowest BCUT2D eigenvalue weighted by Crippen LogP contribution is -2.11. The average molecular weight is 370 g/mol. The first-order valence-electron chi connectivity index (χ1n) is 8.50. The van der Waals surface area contributed by atoms with E-state index in [9.17, 15) is 9.90 Å². The predicted octanol–water partition coefficient (Wildman–Crippen LogP) is 2.20. The molecule has 0 aliphatic heterocycles. The summed E-state index contributed by atoms with van der Waals surface area (Å²) in [7, 11) is 0. The van der Waals surface area contributed by atoms with Crippen molar-refractivity contribution in [2.45, 2.75) is 45.1 Å². The molecule has 0 saturated carbocycles. The number of hydrogen-bond acceptors (Lipinski definition) is 7. The van der Waals surface area contributed by atoms with Gasteiger partial charge in [-0.15, -0.1) is 0 Å². The fourth-order valence-electron chi connectivity index (χ4n) is 2.62. The van der Waals surface area contributed by atoms with Gasteiger partial charge < -0.3 is 19.9 Å². The Morgan fingerprint density at radius 1 is 1.33 bits per heavy atom. The molecule has 3 N–H and O–H groups in total. The van der Waals surface area contributed by atoms with E-state index in [1.807, 2.05) is 20.8 Å². The van der Waals surface area contributed by atoms with Crippen LogP contribution < -0.4 is 5.73 Å². The average Bonchev–Trinajstić information content (AvgIpc) is 3.23. The van der Waals surface area contributed by atoms with Crippen LogP contribution in [0.1, 0.15) is 56.1 Å². The maximum Gasteiger partial charge on any atom is 0.304 e. The highest BCUT2D eigenvalue weighted by molar-refractivity contribution is 5.68. The van der Waals surface area contributed by atoms with E-state index in [1.165, 1.54) is 0 Å². The van der Waals surface area contributed by atoms with E-state index in [2.05, 4.69) is 20.1 Å². The summed E-state index contributed by atoms with van der Waals surface area (Å²) in [6.07, 6.45) is 4.90. The maximum absolute atomic E-state index is 11.3. The number of rotatable bonds is 6. The molecular formula is C18H22N6O3. The maximum atomic E-state index is 11.3. The normalized spacial score (nSPS) is 12.9. The van der Waals surface area contributed by atoms with Crippen LogP contribution in [0, 0.1) is 0 Å². The summed E-state index contributed by atoms with van der Waals surface area (Å²) in [6.45, 7) is 6.37. The Kier molecular flexibility index (Phi) is 4.93. The number of carboxylic acids is 1. The Labute approximate surface area is 156 Å². The monoisotopic (exact) mass is 370 g/mol. The summed E-state index contributed by atoms with van der Waals surface area (Å²) in [4.78, 5) is 24.1. The molecule has 0 aromatic carbocycles. The minimum Gasteiger partial charge on any atom is -0.481 e. The number of imidazole rings is 1. The molecule has 0 spiro atoms. The standard InChI is InChI=1S/C18H22N6O3/c1-18(2,3)17-22-15(23-27-17)9-24-8-13(21-10-24)12(6-16(25)26)11-4-5-14(19)20-7-11/h4-5,7-8,10,12H,6,9H2,1-3H3,(H2,19,20)(H,25,26). The van der Waals surface area contributed by atoms with Crippen molar-refractivity contribution < 1.29 is 14.4 Å². The van der Waals surface area contributed by atoms with Crippen LogP contribution >= 0.6 is 0 Å². The van der Waals surface area contributed by atoms with Gasteiger partial charge in [-0.25, -0.2) is 9.97 Å². The second kappa shape index (κ2) is 7.18. The lowest BCUT2D eigenvalue weighted by Gasteiger charge is -2.12. The zero-order valence-corrected chi connectivity index (χ0v) is 15.5. The van der Waals surface area contributed by atoms with Crippen molar-refractivity contribution in [1.82, 2.24) is 24.7 Å². The number of anilines is 1. The number of pyridine rings is 1. The van der Waals surface area contributed by atoms with E-state index in [-0.39, 0.29) is 11.8 Å². The van der Waals surface area contributed by atoms with Gasteiger partial charge in [0.2, 0.25) is 5.89 Å². The lowest BCUT2D eigenvalue weighted by molar-refractivity contribution is -0.137. The quantitative estimate of drug-likeness (QED) is 0.674. The molecule has 0 aliphatic rings. The third-order valence-corrected chi connectivity index (χ3v) is 4.03. The SMILES string of the molecule is CC(C)(C)c1nc(Cn2cnc(C(CC(=O)O)c3ccc(N)nc3)c2)no1. The number of nitrogens with zero attached hydrogens (tertiary/aromatic N) is 5. The second-order valence-corrected chi connectivity index (χ2v) is 7.40. The largest absolute Gasteiger partial charge is 0.481 e. The fourth-order valence-corrected chi connectivity index (χ4v) is 2.62. The highest BCUT2D eigenvalue weighted by Gasteiger charge is 2.23. The third kappa shape index (κ3) is 4.49. The Morgan fingerprint density at radius 2 is 2.11 bits per heavy atom. The van der Waals surface area contributed by atoms with E-state index < -0.39 is 11.9 Å². The van der Waals surface area contributed by atoms with Gasteiger partial charge in [0.05, 0.1) is 25.0 Å². The van der Waals surface area contributed by atoms with Gasteiger partial charge in [0, 0.05) is 23.7 Å². The molecule has 9 nitrogen and oxygen atoms in total. The van der Waals surface area contributed by atoms with Crippen molar-refractivity contribution >= 4 is 11.8 Å². The Hall–Kier alpha value is -3.23. The summed E-state index contributed by atoms with van der Waals surface area (Å²) in [5.41, 5.74) is 6.77. The summed E-state index contributed by atoms with van der Waals surface area (Å²) < 4.78 is 7.09. The van der Waals surface area contributed by atoms with E-state index >= 15 is 0 Å². The van der Waals surface area contributed by atoms with Gasteiger partial charge in [-0.2, -0.15) is 4.98 Å². The summed E-state index contributed by atoms with van der Waals surface area (Å²) in [5.74, 6) is 0.138. The van der Waals surface area contributed by atoms with E-state index in [0.717, 1.165) is 5.56 Å². The van der Waals surface area contributed by atoms with Crippen molar-refractivity contribution in [3.63, 3.8) is 0 Å². The molecule has 3 heterocycles. The molecule has 9 heteroatoms. The first-order valence-corrected chi connectivity index (χ1v) is 8.50. The number of hydrogen-bond donors (Lipinski definition) is 2. The molecule has 142 valence electrons. The smallest absolute Gasteiger partial charge is 0.304 e. The summed E-state index contributed by atoms with van der Waals surface area (Å²) >= 11 is 0. The van der Waals surface area contributed by atoms with E-state index in [4.69, 9.17) is 10.3 Å². The van der Waals surface area contributed by atoms with Gasteiger partial charge in [0.15, 0.2) is 5.82 Å². The molecule has 0 saturated heterocycles. The van der Waals surface area contributed by atoms with Crippen LogP contribution in [0.4, 0.5) is 5.82 Å². The van der Waals surface area contributed by atoms with Gasteiger partial charge in [-0.1, -0.05) is 32.0 Å². The number of carboxylic acid groups (broad SMARTS) is 1. The number of carbonyl (C=O) groups is 1. The first kappa shape index (κ1) is 18.6. The molecule has 3 rings (SSSR count). The molecule has 0 radical (unpaired) electrons. The van der Waals surface area contributed by atoms with Gasteiger partial charge in [0.25, 0.3) is 0 Å². The van der Waals surface area contributed by atoms with Crippen molar-refractivity contribution in [3.8, 4) is 0 Å². The van der Waals surface area contributed by atoms with Crippen LogP contribution in [0.3, 0.4) is 0 Å². The molecule has 1 atom stereocenters. The summed E-state index contributed by atoms with van der Waals surface area (Å²) in [5, 5.41) is 13.3. The van der Waals surface area contributed by atoms with E-state index in [0.29, 0.717) is 29.8 Å². The van der Waals surface area contributed by atoms with Crippen LogP contribution in [0.5, 0.6) is 0 Å². The summed E-state index contributed by atoms with van der Waals surface area (Å²) in [6, 6.07) is 3.41. The highest BCUT2D eigenvalue weighted by atomic mass is 16.5. The van der Waals surface area contributed by atoms with E-state index in [1.54, 1.807) is 35.4 Å². The van der Waals surface area contributed by atoms with Crippen LogP contribution in [-0.2, 0) is 16.8 Å². The molecule has 3 aromatic rings. The minimum absolute atomic E-state index is 0.0982. The lowest BCUT2D eigenvalue weighted by atomic mass is 9.94. The van der Waals surface area contributed by atoms with Crippen molar-refractivity contribution in [2.24, 2.45) is 0 Å². The minimum atomic E-state index is -0.917. The molecule has 0 amide bonds. The van der Waals surface area contributed by atoms with Crippen LogP contribution in [-0.4, -0.2) is 35.8 Å². The van der Waals surface area contributed by atoms with Crippen LogP contribution in [0.15, 0.2) is 35.4 Å². The molecular weight excluding hydrogens is 348 g/mol. The molecule has 0 aliphatic carbocycles. The predicted molar refractivity (Wildman–Crippen MR) is 97.1 cm³/mol. The number of nitrogen functional groups attached to an aromatic ring is 1. The Morgan fingerprint density at radius 3 is 2.70 bits per heavy atom. The zero-order chi connectivity index (χ0) is 19.6. The fraction of sp³-hybridized carbons (Fsp3) is 0.389. The Bertz CT molecular complexity index is 923. The molecule has 0 fully saturated rings. The zero-order valence-electron chi connectivity index (χ0n) is 15.5. The Balaban J connectivity index is 1.82. The number of nitrogens with two attached hydrogens (primary N) is 1. The van der Waals surface area contributed by atoms with Gasteiger partial charge in [0.1, 0.15) is 5.82 Å². The van der Waals surface area contributed by atoms with Crippen molar-refractivity contribution in [2.75, 3.05) is 5.73 Å². The van der Waals surface area contributed by atoms with Gasteiger partial charge in [-0.05, 0) is 11.6 Å². The molecule has 1 unspecified atom stereocenters. The van der Waals surface area contributed by atoms with Gasteiger partial charge in [-0.3, -0.25) is 4.79 Å². The number of aromatic nitrogens is 5. The highest BCUT2D eigenvalue weighted by Crippen LogP contribution is 2.27. The number of aliphatic carboxylic acids is 1. The van der Waals surface area contributed by atoms with Crippen LogP contribution in [0.25, 0.3) is 0 Å². The third-order valence-electron chi connectivity index (χ3n) is 4.03. The van der Waals surface area contributed by atoms with Crippen LogP contribution in [0.2, 0.25) is 0 Å².